The highest BCUT2D eigenvalue weighted by atomic mass is 35.5. The molecule has 1 N–H and O–H groups in total. The number of carbonyl (C=O) groups is 1. The van der Waals surface area contributed by atoms with Crippen LogP contribution in [0.15, 0.2) is 77.1 Å². The molecule has 3 unspecified atom stereocenters. The summed E-state index contributed by atoms with van der Waals surface area (Å²) >= 11 is 12.9. The molecule has 2 fully saturated rings. The van der Waals surface area contributed by atoms with Crippen molar-refractivity contribution in [1.82, 2.24) is 15.2 Å². The summed E-state index contributed by atoms with van der Waals surface area (Å²) in [5.41, 5.74) is 3.71. The Balaban J connectivity index is 1.46. The molecule has 1 amide bonds. The van der Waals surface area contributed by atoms with Gasteiger partial charge in [0, 0.05) is 47.0 Å². The number of rotatable bonds is 6. The van der Waals surface area contributed by atoms with Crippen LogP contribution < -0.4 is 5.32 Å². The van der Waals surface area contributed by atoms with Gasteiger partial charge in [0.15, 0.2) is 0 Å². The molecule has 0 bridgehead atoms. The van der Waals surface area contributed by atoms with Gasteiger partial charge in [0.05, 0.1) is 17.1 Å². The largest absolute Gasteiger partial charge is 0.352 e. The van der Waals surface area contributed by atoms with Gasteiger partial charge in [-0.15, -0.1) is 0 Å². The Bertz CT molecular complexity index is 1360. The van der Waals surface area contributed by atoms with E-state index in [2.05, 4.69) is 42.1 Å². The van der Waals surface area contributed by atoms with Crippen molar-refractivity contribution in [2.75, 3.05) is 6.54 Å². The molecule has 3 heterocycles. The number of hydrogen-bond acceptors (Lipinski definition) is 5. The van der Waals surface area contributed by atoms with Gasteiger partial charge in [-0.25, -0.2) is 0 Å². The fraction of sp³-hybridized carbons (Fsp3) is 0.345. The van der Waals surface area contributed by atoms with Crippen molar-refractivity contribution in [3.8, 4) is 0 Å². The third-order valence-electron chi connectivity index (χ3n) is 7.82. The standard InChI is InChI=1S/C29H29Cl2N5O/c1-3-18(2)28-29(17-32-25-14-21(31)7-10-23(25)29)24(19-5-4-6-20(30)13-19)15-26-34-35(11-12-36(26)28)16-27(37)33-22-8-9-22/h4-7,10-14,17,22,24,28H,2-3,8-9,15-16H2,1H3,(H,33,37). The van der Waals surface area contributed by atoms with Gasteiger partial charge < -0.3 is 10.2 Å². The lowest BCUT2D eigenvalue weighted by Crippen LogP contribution is -2.60. The van der Waals surface area contributed by atoms with Crippen LogP contribution in [0, 0.1) is 0 Å². The second kappa shape index (κ2) is 9.34. The molecule has 3 aliphatic heterocycles. The van der Waals surface area contributed by atoms with Gasteiger partial charge in [-0.2, -0.15) is 5.10 Å². The molecule has 190 valence electrons. The van der Waals surface area contributed by atoms with Crippen molar-refractivity contribution in [1.29, 1.82) is 0 Å². The predicted molar refractivity (Wildman–Crippen MR) is 150 cm³/mol. The van der Waals surface area contributed by atoms with Crippen molar-refractivity contribution in [2.24, 2.45) is 10.1 Å². The van der Waals surface area contributed by atoms with E-state index in [4.69, 9.17) is 33.3 Å². The van der Waals surface area contributed by atoms with Gasteiger partial charge in [0.2, 0.25) is 5.91 Å². The zero-order valence-electron chi connectivity index (χ0n) is 20.7. The number of nitrogens with one attached hydrogen (secondary N) is 1. The molecule has 8 heteroatoms. The van der Waals surface area contributed by atoms with Crippen molar-refractivity contribution >= 4 is 46.8 Å². The fourth-order valence-corrected chi connectivity index (χ4v) is 6.29. The first-order chi connectivity index (χ1) is 17.9. The van der Waals surface area contributed by atoms with Gasteiger partial charge in [-0.3, -0.25) is 14.8 Å². The number of carbonyl (C=O) groups excluding carboxylic acids is 1. The molecule has 0 aromatic heterocycles. The van der Waals surface area contributed by atoms with E-state index in [1.54, 1.807) is 5.01 Å². The predicted octanol–water partition coefficient (Wildman–Crippen LogP) is 6.15. The van der Waals surface area contributed by atoms with Gasteiger partial charge in [-0.1, -0.05) is 60.5 Å². The van der Waals surface area contributed by atoms with Crippen LogP contribution in [0.5, 0.6) is 0 Å². The molecule has 4 aliphatic rings. The van der Waals surface area contributed by atoms with E-state index in [1.807, 2.05) is 42.7 Å². The Morgan fingerprint density at radius 1 is 1.16 bits per heavy atom. The molecular formula is C29H29Cl2N5O. The number of hydrazone groups is 1. The zero-order valence-corrected chi connectivity index (χ0v) is 22.2. The number of benzene rings is 2. The van der Waals surface area contributed by atoms with Gasteiger partial charge >= 0.3 is 0 Å². The van der Waals surface area contributed by atoms with Crippen LogP contribution in [0.3, 0.4) is 0 Å². The number of halogens is 2. The monoisotopic (exact) mass is 533 g/mol. The minimum Gasteiger partial charge on any atom is -0.352 e. The molecule has 1 saturated heterocycles. The lowest BCUT2D eigenvalue weighted by molar-refractivity contribution is -0.121. The minimum atomic E-state index is -0.493. The average Bonchev–Trinajstić information content (AvgIpc) is 3.63. The lowest BCUT2D eigenvalue weighted by Gasteiger charge is -2.53. The third kappa shape index (κ3) is 4.26. The van der Waals surface area contributed by atoms with E-state index in [1.165, 1.54) is 0 Å². The van der Waals surface area contributed by atoms with Gasteiger partial charge in [0.1, 0.15) is 12.4 Å². The van der Waals surface area contributed by atoms with E-state index in [0.29, 0.717) is 22.5 Å². The summed E-state index contributed by atoms with van der Waals surface area (Å²) in [6, 6.07) is 14.2. The SMILES string of the molecule is C=C(CC)C1N2C=CN(CC(=O)NC3CC3)N=C2CC(c2cccc(Cl)c2)C12C=Nc1cc(Cl)ccc12. The van der Waals surface area contributed by atoms with Gasteiger partial charge in [0.25, 0.3) is 0 Å². The molecular weight excluding hydrogens is 505 g/mol. The summed E-state index contributed by atoms with van der Waals surface area (Å²) < 4.78 is 0. The molecule has 3 atom stereocenters. The molecule has 37 heavy (non-hydrogen) atoms. The lowest BCUT2D eigenvalue weighted by atomic mass is 9.59. The van der Waals surface area contributed by atoms with E-state index in [-0.39, 0.29) is 24.4 Å². The number of amidine groups is 1. The molecule has 2 aromatic carbocycles. The van der Waals surface area contributed by atoms with Crippen LogP contribution in [-0.4, -0.2) is 46.5 Å². The smallest absolute Gasteiger partial charge is 0.241 e. The Morgan fingerprint density at radius 3 is 2.73 bits per heavy atom. The Morgan fingerprint density at radius 2 is 1.97 bits per heavy atom. The number of fused-ring (bicyclic) bond motifs is 3. The van der Waals surface area contributed by atoms with Crippen LogP contribution in [-0.2, 0) is 10.2 Å². The quantitative estimate of drug-likeness (QED) is 0.453. The first kappa shape index (κ1) is 24.3. The Hall–Kier alpha value is -3.09. The van der Waals surface area contributed by atoms with Crippen molar-refractivity contribution in [3.05, 3.63) is 88.2 Å². The molecule has 1 aliphatic carbocycles. The molecule has 1 saturated carbocycles. The van der Waals surface area contributed by atoms with Crippen molar-refractivity contribution in [2.45, 2.75) is 56.0 Å². The van der Waals surface area contributed by atoms with E-state index in [9.17, 15) is 4.79 Å². The first-order valence-corrected chi connectivity index (χ1v) is 13.5. The highest BCUT2D eigenvalue weighted by Crippen LogP contribution is 2.56. The third-order valence-corrected chi connectivity index (χ3v) is 8.29. The number of amides is 1. The number of aliphatic imine (C=N–C) groups is 1. The maximum atomic E-state index is 12.5. The minimum absolute atomic E-state index is 0.00526. The number of hydrogen-bond donors (Lipinski definition) is 1. The second-order valence-corrected chi connectivity index (χ2v) is 11.1. The van der Waals surface area contributed by atoms with Crippen LogP contribution in [0.2, 0.25) is 10.0 Å². The highest BCUT2D eigenvalue weighted by molar-refractivity contribution is 6.31. The number of nitrogens with zero attached hydrogens (tertiary/aromatic N) is 4. The molecule has 0 radical (unpaired) electrons. The summed E-state index contributed by atoms with van der Waals surface area (Å²) in [4.78, 5) is 19.6. The normalized spacial score (nSPS) is 25.6. The van der Waals surface area contributed by atoms with Crippen LogP contribution in [0.4, 0.5) is 5.69 Å². The molecule has 6 nitrogen and oxygen atoms in total. The fourth-order valence-electron chi connectivity index (χ4n) is 5.92. The molecule has 2 aromatic rings. The summed E-state index contributed by atoms with van der Waals surface area (Å²) in [5.74, 6) is 0.883. The first-order valence-electron chi connectivity index (χ1n) is 12.8. The summed E-state index contributed by atoms with van der Waals surface area (Å²) in [5, 5.41) is 11.1. The van der Waals surface area contributed by atoms with Crippen LogP contribution in [0.1, 0.15) is 49.7 Å². The summed E-state index contributed by atoms with van der Waals surface area (Å²) in [6.07, 6.45) is 9.57. The van der Waals surface area contributed by atoms with E-state index in [0.717, 1.165) is 47.5 Å². The highest BCUT2D eigenvalue weighted by Gasteiger charge is 2.57. The second-order valence-electron chi connectivity index (χ2n) is 10.2. The Kier molecular flexibility index (Phi) is 6.12. The van der Waals surface area contributed by atoms with Crippen molar-refractivity contribution in [3.63, 3.8) is 0 Å². The van der Waals surface area contributed by atoms with E-state index >= 15 is 0 Å². The summed E-state index contributed by atoms with van der Waals surface area (Å²) in [6.45, 7) is 6.85. The van der Waals surface area contributed by atoms with E-state index < -0.39 is 5.41 Å². The van der Waals surface area contributed by atoms with Crippen LogP contribution in [0.25, 0.3) is 0 Å². The number of piperidine rings is 1. The summed E-state index contributed by atoms with van der Waals surface area (Å²) in [7, 11) is 0. The van der Waals surface area contributed by atoms with Crippen molar-refractivity contribution < 1.29 is 4.79 Å². The topological polar surface area (TPSA) is 60.3 Å². The van der Waals surface area contributed by atoms with Gasteiger partial charge in [-0.05, 0) is 54.7 Å². The maximum absolute atomic E-state index is 12.5. The average molecular weight is 534 g/mol. The molecule has 6 rings (SSSR count). The Labute approximate surface area is 227 Å². The molecule has 1 spiro atoms. The van der Waals surface area contributed by atoms with Crippen LogP contribution >= 0.6 is 23.2 Å². The maximum Gasteiger partial charge on any atom is 0.241 e. The zero-order chi connectivity index (χ0) is 25.7.